The highest BCUT2D eigenvalue weighted by Crippen LogP contribution is 2.67. The lowest BCUT2D eigenvalue weighted by Gasteiger charge is -2.59. The van der Waals surface area contributed by atoms with E-state index in [1.807, 2.05) is 18.5 Å². The summed E-state index contributed by atoms with van der Waals surface area (Å²) < 4.78 is 0. The van der Waals surface area contributed by atoms with Gasteiger partial charge in [-0.15, -0.1) is 0 Å². The number of carbonyl (C=O) groups is 2. The Hall–Kier alpha value is -2.03. The maximum Gasteiger partial charge on any atom is 0.127 e. The molecule has 2 unspecified atom stereocenters. The first-order chi connectivity index (χ1) is 14.0. The van der Waals surface area contributed by atoms with Gasteiger partial charge in [-0.3, -0.25) is 4.98 Å². The third-order valence-corrected chi connectivity index (χ3v) is 9.14. The van der Waals surface area contributed by atoms with Crippen LogP contribution in [0.15, 0.2) is 42.3 Å². The maximum atomic E-state index is 12.2. The van der Waals surface area contributed by atoms with Crippen molar-refractivity contribution in [3.8, 4) is 0 Å². The Kier molecular flexibility index (Phi) is 4.42. The summed E-state index contributed by atoms with van der Waals surface area (Å²) in [6, 6.07) is 4.20. The van der Waals surface area contributed by atoms with Crippen LogP contribution in [0, 0.1) is 40.4 Å². The van der Waals surface area contributed by atoms with Gasteiger partial charge < -0.3 is 9.59 Å². The van der Waals surface area contributed by atoms with E-state index in [1.54, 1.807) is 0 Å². The van der Waals surface area contributed by atoms with Crippen LogP contribution in [-0.4, -0.2) is 17.6 Å². The molecule has 2 fully saturated rings. The van der Waals surface area contributed by atoms with Gasteiger partial charge in [-0.25, -0.2) is 0 Å². The number of nitrogens with zero attached hydrogens (tertiary/aromatic N) is 1. The van der Waals surface area contributed by atoms with Crippen LogP contribution in [0.3, 0.4) is 0 Å². The van der Waals surface area contributed by atoms with Crippen LogP contribution in [0.4, 0.5) is 0 Å². The molecule has 1 aromatic heterocycles. The largest absolute Gasteiger partial charge is 0.303 e. The number of hydrogen-bond donors (Lipinski definition) is 0. The molecule has 5 rings (SSSR count). The molecule has 0 spiro atoms. The van der Waals surface area contributed by atoms with Crippen LogP contribution < -0.4 is 0 Å². The minimum atomic E-state index is -0.0141. The molecule has 1 heterocycles. The van der Waals surface area contributed by atoms with Gasteiger partial charge in [0.15, 0.2) is 0 Å². The van der Waals surface area contributed by atoms with Crippen molar-refractivity contribution >= 4 is 18.1 Å². The molecule has 3 nitrogen and oxygen atoms in total. The summed E-state index contributed by atoms with van der Waals surface area (Å²) in [5.41, 5.74) is 4.34. The van der Waals surface area contributed by atoms with Crippen molar-refractivity contribution in [2.45, 2.75) is 52.4 Å². The predicted molar refractivity (Wildman–Crippen MR) is 114 cm³/mol. The highest BCUT2D eigenvalue weighted by atomic mass is 16.1. The molecule has 4 aliphatic rings. The molecule has 152 valence electrons. The lowest BCUT2D eigenvalue weighted by Crippen LogP contribution is -2.52. The molecule has 4 aliphatic carbocycles. The summed E-state index contributed by atoms with van der Waals surface area (Å²) in [5.74, 6) is 1.57. The van der Waals surface area contributed by atoms with Gasteiger partial charge in [-0.2, -0.15) is 0 Å². The summed E-state index contributed by atoms with van der Waals surface area (Å²) in [7, 11) is 0. The fourth-order valence-electron chi connectivity index (χ4n) is 7.55. The summed E-state index contributed by atoms with van der Waals surface area (Å²) in [5, 5.41) is 0. The topological polar surface area (TPSA) is 47.0 Å². The highest BCUT2D eigenvalue weighted by Gasteiger charge is 2.59. The van der Waals surface area contributed by atoms with Crippen molar-refractivity contribution in [3.05, 3.63) is 47.8 Å². The Morgan fingerprint density at radius 3 is 2.62 bits per heavy atom. The van der Waals surface area contributed by atoms with Crippen molar-refractivity contribution < 1.29 is 9.59 Å². The normalized spacial score (nSPS) is 43.3. The lowest BCUT2D eigenvalue weighted by atomic mass is 9.45. The van der Waals surface area contributed by atoms with Gasteiger partial charge >= 0.3 is 0 Å². The van der Waals surface area contributed by atoms with E-state index in [0.717, 1.165) is 32.0 Å². The van der Waals surface area contributed by atoms with E-state index in [-0.39, 0.29) is 22.7 Å². The zero-order chi connectivity index (χ0) is 20.2. The van der Waals surface area contributed by atoms with Gasteiger partial charge in [0.05, 0.1) is 0 Å². The van der Waals surface area contributed by atoms with Gasteiger partial charge in [0.25, 0.3) is 0 Å². The third kappa shape index (κ3) is 2.65. The fraction of sp³-hybridized carbons (Fsp3) is 0.577. The molecule has 29 heavy (non-hydrogen) atoms. The van der Waals surface area contributed by atoms with Crippen LogP contribution in [-0.2, 0) is 9.59 Å². The van der Waals surface area contributed by atoms with E-state index in [4.69, 9.17) is 0 Å². The summed E-state index contributed by atoms with van der Waals surface area (Å²) >= 11 is 0. The zero-order valence-corrected chi connectivity index (χ0v) is 17.5. The Morgan fingerprint density at radius 2 is 1.90 bits per heavy atom. The van der Waals surface area contributed by atoms with E-state index in [0.29, 0.717) is 17.8 Å². The fourth-order valence-corrected chi connectivity index (χ4v) is 7.55. The van der Waals surface area contributed by atoms with E-state index in [9.17, 15) is 9.59 Å². The summed E-state index contributed by atoms with van der Waals surface area (Å²) in [4.78, 5) is 28.0. The molecule has 0 aliphatic heterocycles. The molecule has 0 saturated heterocycles. The minimum absolute atomic E-state index is 0.0141. The second kappa shape index (κ2) is 6.75. The number of aldehydes is 2. The Labute approximate surface area is 173 Å². The first kappa shape index (κ1) is 19.0. The molecule has 0 radical (unpaired) electrons. The van der Waals surface area contributed by atoms with Crippen molar-refractivity contribution in [3.63, 3.8) is 0 Å². The molecular weight excluding hydrogens is 358 g/mol. The average Bonchev–Trinajstić information content (AvgIpc) is 3.10. The number of allylic oxidation sites excluding steroid dienone is 4. The van der Waals surface area contributed by atoms with Gasteiger partial charge in [0.1, 0.15) is 12.6 Å². The zero-order valence-electron chi connectivity index (χ0n) is 17.5. The standard InChI is InChI=1S/C26H31NO2/c1-25-9-7-17(15-28)12-20(25)13-19(16-29)24-22-6-5-21(18-4-3-11-27-14-18)26(22,2)10-8-23(24)25/h3-5,11,13-17,19,22-24H,6-10,12H2,1-2H3/t17?,19?,22-,23+,24-,25-,26+/m0/s1. The highest BCUT2D eigenvalue weighted by molar-refractivity contribution is 5.73. The monoisotopic (exact) mass is 389 g/mol. The second-order valence-electron chi connectivity index (χ2n) is 10.3. The van der Waals surface area contributed by atoms with E-state index < -0.39 is 0 Å². The van der Waals surface area contributed by atoms with Gasteiger partial charge in [0, 0.05) is 24.2 Å². The van der Waals surface area contributed by atoms with E-state index in [2.05, 4.69) is 37.0 Å². The maximum absolute atomic E-state index is 12.2. The van der Waals surface area contributed by atoms with Crippen LogP contribution >= 0.6 is 0 Å². The van der Waals surface area contributed by atoms with Crippen LogP contribution in [0.5, 0.6) is 0 Å². The van der Waals surface area contributed by atoms with Crippen LogP contribution in [0.2, 0.25) is 0 Å². The lowest BCUT2D eigenvalue weighted by molar-refractivity contribution is -0.118. The quantitative estimate of drug-likeness (QED) is 0.522. The average molecular weight is 390 g/mol. The molecule has 0 aromatic carbocycles. The number of hydrogen-bond acceptors (Lipinski definition) is 3. The van der Waals surface area contributed by atoms with Gasteiger partial charge in [0.2, 0.25) is 0 Å². The molecule has 0 amide bonds. The van der Waals surface area contributed by atoms with Crippen molar-refractivity contribution in [1.82, 2.24) is 4.98 Å². The second-order valence-corrected chi connectivity index (χ2v) is 10.3. The first-order valence-corrected chi connectivity index (χ1v) is 11.2. The number of pyridine rings is 1. The van der Waals surface area contributed by atoms with Crippen LogP contribution in [0.1, 0.15) is 57.9 Å². The van der Waals surface area contributed by atoms with Gasteiger partial charge in [-0.05, 0) is 84.3 Å². The Morgan fingerprint density at radius 1 is 1.07 bits per heavy atom. The van der Waals surface area contributed by atoms with Crippen LogP contribution in [0.25, 0.3) is 5.57 Å². The molecule has 3 heteroatoms. The molecular formula is C26H31NO2. The SMILES string of the molecule is C[C@]12CCC(C=O)CC1=CC(C=O)[C@@H]1[C@H]2CC[C@]2(C)C(c3cccnc3)=CC[C@@H]12. The predicted octanol–water partition coefficient (Wildman–Crippen LogP) is 5.28. The van der Waals surface area contributed by atoms with E-state index >= 15 is 0 Å². The molecule has 0 bridgehead atoms. The smallest absolute Gasteiger partial charge is 0.127 e. The third-order valence-electron chi connectivity index (χ3n) is 9.14. The first-order valence-electron chi connectivity index (χ1n) is 11.2. The number of carbonyl (C=O) groups excluding carboxylic acids is 2. The Balaban J connectivity index is 1.53. The Bertz CT molecular complexity index is 887. The minimum Gasteiger partial charge on any atom is -0.303 e. The number of fused-ring (bicyclic) bond motifs is 5. The molecule has 0 N–H and O–H groups in total. The summed E-state index contributed by atoms with van der Waals surface area (Å²) in [6.45, 7) is 4.85. The number of aromatic nitrogens is 1. The number of rotatable bonds is 3. The molecule has 2 saturated carbocycles. The van der Waals surface area contributed by atoms with Crippen molar-refractivity contribution in [2.75, 3.05) is 0 Å². The van der Waals surface area contributed by atoms with Crippen molar-refractivity contribution in [1.29, 1.82) is 0 Å². The summed E-state index contributed by atoms with van der Waals surface area (Å²) in [6.07, 6.45) is 17.2. The van der Waals surface area contributed by atoms with E-state index in [1.165, 1.54) is 35.8 Å². The molecule has 1 aromatic rings. The van der Waals surface area contributed by atoms with Gasteiger partial charge in [-0.1, -0.05) is 37.6 Å². The molecule has 7 atom stereocenters. The van der Waals surface area contributed by atoms with Crippen molar-refractivity contribution in [2.24, 2.45) is 40.4 Å².